The average molecular weight is 318 g/mol. The lowest BCUT2D eigenvalue weighted by Crippen LogP contribution is -2.17. The number of benzene rings is 2. The zero-order chi connectivity index (χ0) is 15.9. The normalized spacial score (nSPS) is 10.5. The van der Waals surface area contributed by atoms with Gasteiger partial charge in [-0.25, -0.2) is 4.79 Å². The van der Waals surface area contributed by atoms with E-state index in [4.69, 9.17) is 21.1 Å². The summed E-state index contributed by atoms with van der Waals surface area (Å²) >= 11 is 5.86. The van der Waals surface area contributed by atoms with Crippen LogP contribution in [0.3, 0.4) is 0 Å². The molecule has 0 fully saturated rings. The molecular weight excluding hydrogens is 302 g/mol. The zero-order valence-corrected chi connectivity index (χ0v) is 13.1. The molecule has 0 saturated carbocycles. The van der Waals surface area contributed by atoms with Gasteiger partial charge in [-0.1, -0.05) is 35.9 Å². The standard InChI is InChI=1S/C17H16ClNO3/c1-3-5-12-8-9-15(16(10-12)21-2)22-17(20)19-14-7-4-6-13(18)11-14/h3-11H,1-2H3,(H,19,20)/b5-3-. The highest BCUT2D eigenvalue weighted by Crippen LogP contribution is 2.29. The summed E-state index contributed by atoms with van der Waals surface area (Å²) in [5, 5.41) is 3.14. The van der Waals surface area contributed by atoms with Crippen molar-refractivity contribution in [3.8, 4) is 11.5 Å². The molecule has 0 aliphatic carbocycles. The molecule has 0 aromatic heterocycles. The predicted octanol–water partition coefficient (Wildman–Crippen LogP) is 4.99. The van der Waals surface area contributed by atoms with Gasteiger partial charge in [-0.05, 0) is 42.8 Å². The number of ether oxygens (including phenoxy) is 2. The number of methoxy groups -OCH3 is 1. The van der Waals surface area contributed by atoms with Gasteiger partial charge in [0.1, 0.15) is 0 Å². The summed E-state index contributed by atoms with van der Waals surface area (Å²) in [6.07, 6.45) is 3.24. The Hall–Kier alpha value is -2.46. The lowest BCUT2D eigenvalue weighted by atomic mass is 10.2. The third-order valence-electron chi connectivity index (χ3n) is 2.82. The molecule has 0 aliphatic heterocycles. The number of nitrogens with one attached hydrogen (secondary N) is 1. The number of amides is 1. The number of hydrogen-bond acceptors (Lipinski definition) is 3. The molecular formula is C17H16ClNO3. The SMILES string of the molecule is C/C=C\c1ccc(OC(=O)Nc2cccc(Cl)c2)c(OC)c1. The van der Waals surface area contributed by atoms with Gasteiger partial charge in [0.25, 0.3) is 0 Å². The first-order valence-corrected chi connectivity index (χ1v) is 7.05. The van der Waals surface area contributed by atoms with Crippen LogP contribution < -0.4 is 14.8 Å². The molecule has 2 rings (SSSR count). The van der Waals surface area contributed by atoms with Gasteiger partial charge in [0, 0.05) is 10.7 Å². The number of allylic oxidation sites excluding steroid dienone is 1. The Morgan fingerprint density at radius 3 is 2.68 bits per heavy atom. The van der Waals surface area contributed by atoms with Crippen LogP contribution in [0.15, 0.2) is 48.5 Å². The van der Waals surface area contributed by atoms with Gasteiger partial charge < -0.3 is 9.47 Å². The topological polar surface area (TPSA) is 47.6 Å². The smallest absolute Gasteiger partial charge is 0.417 e. The van der Waals surface area contributed by atoms with Crippen LogP contribution in [0.4, 0.5) is 10.5 Å². The number of carbonyl (C=O) groups is 1. The van der Waals surface area contributed by atoms with E-state index >= 15 is 0 Å². The first-order chi connectivity index (χ1) is 10.6. The highest BCUT2D eigenvalue weighted by Gasteiger charge is 2.10. The molecule has 114 valence electrons. The van der Waals surface area contributed by atoms with Crippen molar-refractivity contribution in [3.05, 3.63) is 59.1 Å². The molecule has 0 radical (unpaired) electrons. The minimum absolute atomic E-state index is 0.343. The lowest BCUT2D eigenvalue weighted by Gasteiger charge is -2.11. The molecule has 5 heteroatoms. The number of hydrogen-bond donors (Lipinski definition) is 1. The van der Waals surface area contributed by atoms with Gasteiger partial charge in [0.15, 0.2) is 11.5 Å². The van der Waals surface area contributed by atoms with Crippen molar-refractivity contribution in [1.82, 2.24) is 0 Å². The number of anilines is 1. The van der Waals surface area contributed by atoms with Crippen molar-refractivity contribution < 1.29 is 14.3 Å². The van der Waals surface area contributed by atoms with E-state index < -0.39 is 6.09 Å². The van der Waals surface area contributed by atoms with E-state index in [0.29, 0.717) is 22.2 Å². The minimum Gasteiger partial charge on any atom is -0.493 e. The Labute approximate surface area is 134 Å². The number of rotatable bonds is 4. The van der Waals surface area contributed by atoms with E-state index in [1.165, 1.54) is 7.11 Å². The maximum atomic E-state index is 11.9. The maximum absolute atomic E-state index is 11.9. The van der Waals surface area contributed by atoms with Gasteiger partial charge in [-0.3, -0.25) is 5.32 Å². The van der Waals surface area contributed by atoms with Crippen LogP contribution in [-0.2, 0) is 0 Å². The summed E-state index contributed by atoms with van der Waals surface area (Å²) in [4.78, 5) is 11.9. The number of carbonyl (C=O) groups excluding carboxylic acids is 1. The van der Waals surface area contributed by atoms with Crippen LogP contribution >= 0.6 is 11.6 Å². The van der Waals surface area contributed by atoms with Crippen LogP contribution in [-0.4, -0.2) is 13.2 Å². The highest BCUT2D eigenvalue weighted by molar-refractivity contribution is 6.30. The second-order valence-corrected chi connectivity index (χ2v) is 4.87. The van der Waals surface area contributed by atoms with Gasteiger partial charge in [-0.2, -0.15) is 0 Å². The molecule has 0 aliphatic rings. The third kappa shape index (κ3) is 4.27. The van der Waals surface area contributed by atoms with E-state index in [1.54, 1.807) is 36.4 Å². The highest BCUT2D eigenvalue weighted by atomic mass is 35.5. The molecule has 2 aromatic carbocycles. The molecule has 0 atom stereocenters. The molecule has 4 nitrogen and oxygen atoms in total. The molecule has 0 spiro atoms. The van der Waals surface area contributed by atoms with Crippen molar-refractivity contribution >= 4 is 29.5 Å². The minimum atomic E-state index is -0.612. The van der Waals surface area contributed by atoms with Crippen LogP contribution in [0.5, 0.6) is 11.5 Å². The Kier molecular flexibility index (Phi) is 5.44. The third-order valence-corrected chi connectivity index (χ3v) is 3.06. The summed E-state index contributed by atoms with van der Waals surface area (Å²) in [5.41, 5.74) is 1.52. The zero-order valence-electron chi connectivity index (χ0n) is 12.3. The van der Waals surface area contributed by atoms with Gasteiger partial charge in [-0.15, -0.1) is 0 Å². The summed E-state index contributed by atoms with van der Waals surface area (Å²) in [5.74, 6) is 0.826. The van der Waals surface area contributed by atoms with Crippen LogP contribution in [0.25, 0.3) is 6.08 Å². The fraction of sp³-hybridized carbons (Fsp3) is 0.118. The Bertz CT molecular complexity index is 698. The monoisotopic (exact) mass is 317 g/mol. The van der Waals surface area contributed by atoms with Crippen LogP contribution in [0.2, 0.25) is 5.02 Å². The van der Waals surface area contributed by atoms with E-state index in [2.05, 4.69) is 5.32 Å². The quantitative estimate of drug-likeness (QED) is 0.864. The van der Waals surface area contributed by atoms with Crippen LogP contribution in [0, 0.1) is 0 Å². The van der Waals surface area contributed by atoms with Crippen molar-refractivity contribution in [2.45, 2.75) is 6.92 Å². The van der Waals surface area contributed by atoms with Gasteiger partial charge in [0.05, 0.1) is 7.11 Å². The molecule has 2 aromatic rings. The molecule has 0 unspecified atom stereocenters. The summed E-state index contributed by atoms with van der Waals surface area (Å²) in [6.45, 7) is 1.93. The number of halogens is 1. The fourth-order valence-corrected chi connectivity index (χ4v) is 2.06. The van der Waals surface area contributed by atoms with Crippen molar-refractivity contribution in [2.24, 2.45) is 0 Å². The van der Waals surface area contributed by atoms with Crippen LogP contribution in [0.1, 0.15) is 12.5 Å². The molecule has 0 bridgehead atoms. The van der Waals surface area contributed by atoms with E-state index in [1.807, 2.05) is 25.1 Å². The molecule has 1 N–H and O–H groups in total. The summed E-state index contributed by atoms with van der Waals surface area (Å²) < 4.78 is 10.5. The maximum Gasteiger partial charge on any atom is 0.417 e. The Morgan fingerprint density at radius 1 is 1.18 bits per heavy atom. The Balaban J connectivity index is 2.11. The molecule has 0 heterocycles. The van der Waals surface area contributed by atoms with Crippen molar-refractivity contribution in [1.29, 1.82) is 0 Å². The fourth-order valence-electron chi connectivity index (χ4n) is 1.87. The summed E-state index contributed by atoms with van der Waals surface area (Å²) in [7, 11) is 1.52. The summed E-state index contributed by atoms with van der Waals surface area (Å²) in [6, 6.07) is 12.1. The van der Waals surface area contributed by atoms with E-state index in [9.17, 15) is 4.79 Å². The van der Waals surface area contributed by atoms with E-state index in [0.717, 1.165) is 5.56 Å². The second-order valence-electron chi connectivity index (χ2n) is 4.44. The molecule has 22 heavy (non-hydrogen) atoms. The Morgan fingerprint density at radius 2 is 2.00 bits per heavy atom. The van der Waals surface area contributed by atoms with E-state index in [-0.39, 0.29) is 0 Å². The first-order valence-electron chi connectivity index (χ1n) is 6.67. The lowest BCUT2D eigenvalue weighted by molar-refractivity contribution is 0.213. The van der Waals surface area contributed by atoms with Crippen molar-refractivity contribution in [3.63, 3.8) is 0 Å². The van der Waals surface area contributed by atoms with Gasteiger partial charge >= 0.3 is 6.09 Å². The largest absolute Gasteiger partial charge is 0.493 e. The average Bonchev–Trinajstić information content (AvgIpc) is 2.49. The second kappa shape index (κ2) is 7.52. The molecule has 1 amide bonds. The van der Waals surface area contributed by atoms with Crippen molar-refractivity contribution in [2.75, 3.05) is 12.4 Å². The van der Waals surface area contributed by atoms with Gasteiger partial charge in [0.2, 0.25) is 0 Å². The predicted molar refractivity (Wildman–Crippen MR) is 88.8 cm³/mol. The molecule has 0 saturated heterocycles. The first kappa shape index (κ1) is 15.9.